The van der Waals surface area contributed by atoms with E-state index in [4.69, 9.17) is 10.1 Å². The van der Waals surface area contributed by atoms with Crippen molar-refractivity contribution in [1.29, 1.82) is 5.41 Å². The summed E-state index contributed by atoms with van der Waals surface area (Å²) in [6, 6.07) is 5.08. The van der Waals surface area contributed by atoms with Crippen molar-refractivity contribution in [2.45, 2.75) is 26.3 Å². The first-order valence-corrected chi connectivity index (χ1v) is 6.58. The van der Waals surface area contributed by atoms with Crippen LogP contribution in [0.4, 0.5) is 13.2 Å². The number of benzene rings is 1. The maximum absolute atomic E-state index is 12.3. The highest BCUT2D eigenvalue weighted by Gasteiger charge is 2.32. The lowest BCUT2D eigenvalue weighted by atomic mass is 10.3. The lowest BCUT2D eigenvalue weighted by Gasteiger charge is -2.16. The average molecular weight is 368 g/mol. The molecule has 0 saturated carbocycles. The summed E-state index contributed by atoms with van der Waals surface area (Å²) in [6.07, 6.45) is -4.83. The van der Waals surface area contributed by atoms with E-state index in [9.17, 15) is 13.2 Å². The Morgan fingerprint density at radius 1 is 1.29 bits per heavy atom. The number of hydrogen-bond donors (Lipinski definition) is 2. The molecule has 116 valence electrons. The molecule has 0 aliphatic heterocycles. The number of alkyl halides is 3. The molecule has 0 saturated heterocycles. The van der Waals surface area contributed by atoms with Gasteiger partial charge in [-0.3, -0.25) is 5.41 Å². The Morgan fingerprint density at radius 3 is 2.33 bits per heavy atom. The lowest BCUT2D eigenvalue weighted by molar-refractivity contribution is -0.275. The third kappa shape index (κ3) is 6.98. The van der Waals surface area contributed by atoms with Crippen LogP contribution >= 0.6 is 15.9 Å². The molecule has 0 aromatic heterocycles. The topological polar surface area (TPSA) is 66.7 Å². The fourth-order valence-corrected chi connectivity index (χ4v) is 1.43. The van der Waals surface area contributed by atoms with Gasteiger partial charge in [-0.25, -0.2) is 0 Å². The van der Waals surface area contributed by atoms with Gasteiger partial charge in [-0.2, -0.15) is 4.99 Å². The maximum atomic E-state index is 12.3. The highest BCUT2D eigenvalue weighted by Crippen LogP contribution is 2.31. The molecule has 0 aliphatic carbocycles. The van der Waals surface area contributed by atoms with Gasteiger partial charge >= 0.3 is 6.36 Å². The second kappa shape index (κ2) is 7.30. The SMILES string of the molecule is CC(C)N/C(=N\C(=N)Br)Oc1ccccc1OC(F)(F)F. The second-order valence-electron chi connectivity index (χ2n) is 4.10. The first-order chi connectivity index (χ1) is 9.67. The van der Waals surface area contributed by atoms with Gasteiger partial charge in [0.15, 0.2) is 16.2 Å². The third-order valence-corrected chi connectivity index (χ3v) is 2.07. The van der Waals surface area contributed by atoms with Crippen LogP contribution in [0.3, 0.4) is 0 Å². The van der Waals surface area contributed by atoms with E-state index in [1.807, 2.05) is 0 Å². The Balaban J connectivity index is 3.01. The summed E-state index contributed by atoms with van der Waals surface area (Å²) in [4.78, 5) is 3.70. The summed E-state index contributed by atoms with van der Waals surface area (Å²) < 4.78 is 45.8. The smallest absolute Gasteiger partial charge is 0.422 e. The van der Waals surface area contributed by atoms with Gasteiger partial charge in [-0.1, -0.05) is 12.1 Å². The molecule has 0 fully saturated rings. The summed E-state index contributed by atoms with van der Waals surface area (Å²) in [6.45, 7) is 3.57. The standard InChI is InChI=1S/C12H13BrF3N3O2/c1-7(2)18-11(19-10(13)17)20-8-5-3-4-6-9(8)21-12(14,15)16/h3-7H,1-2H3,(H2,17,18,19). The summed E-state index contributed by atoms with van der Waals surface area (Å²) in [5.74, 6) is -0.667. The van der Waals surface area contributed by atoms with Gasteiger partial charge in [0.1, 0.15) is 0 Å². The molecule has 0 spiro atoms. The van der Waals surface area contributed by atoms with Crippen LogP contribution in [-0.4, -0.2) is 23.2 Å². The molecule has 0 heterocycles. The van der Waals surface area contributed by atoms with Crippen molar-refractivity contribution in [2.75, 3.05) is 0 Å². The van der Waals surface area contributed by atoms with Gasteiger partial charge in [-0.15, -0.1) is 13.2 Å². The van der Waals surface area contributed by atoms with Crippen LogP contribution in [0, 0.1) is 5.41 Å². The summed E-state index contributed by atoms with van der Waals surface area (Å²) in [5, 5.41) is 10.0. The molecule has 0 amide bonds. The molecule has 2 N–H and O–H groups in total. The Morgan fingerprint density at radius 2 is 1.86 bits per heavy atom. The van der Waals surface area contributed by atoms with Gasteiger partial charge in [0.05, 0.1) is 0 Å². The molecule has 1 aromatic rings. The molecular formula is C12H13BrF3N3O2. The van der Waals surface area contributed by atoms with Crippen LogP contribution in [0.25, 0.3) is 0 Å². The summed E-state index contributed by atoms with van der Waals surface area (Å²) in [5.41, 5.74) is 0. The van der Waals surface area contributed by atoms with Crippen LogP contribution < -0.4 is 14.8 Å². The van der Waals surface area contributed by atoms with Crippen LogP contribution in [0.5, 0.6) is 11.5 Å². The minimum Gasteiger partial charge on any atom is -0.422 e. The largest absolute Gasteiger partial charge is 0.573 e. The summed E-state index contributed by atoms with van der Waals surface area (Å²) in [7, 11) is 0. The van der Waals surface area contributed by atoms with E-state index < -0.39 is 12.1 Å². The maximum Gasteiger partial charge on any atom is 0.573 e. The molecule has 1 rings (SSSR count). The molecule has 21 heavy (non-hydrogen) atoms. The normalized spacial score (nSPS) is 12.2. The summed E-state index contributed by atoms with van der Waals surface area (Å²) >= 11 is 2.81. The number of hydrogen-bond acceptors (Lipinski definition) is 3. The minimum atomic E-state index is -4.83. The van der Waals surface area contributed by atoms with Crippen molar-refractivity contribution in [2.24, 2.45) is 4.99 Å². The van der Waals surface area contributed by atoms with E-state index in [-0.39, 0.29) is 22.6 Å². The first-order valence-electron chi connectivity index (χ1n) is 5.79. The fourth-order valence-electron chi connectivity index (χ4n) is 1.27. The fraction of sp³-hybridized carbons (Fsp3) is 0.333. The number of amidine groups is 2. The number of nitrogens with one attached hydrogen (secondary N) is 2. The predicted molar refractivity (Wildman–Crippen MR) is 76.1 cm³/mol. The first kappa shape index (κ1) is 17.3. The van der Waals surface area contributed by atoms with Gasteiger partial charge in [0.2, 0.25) is 0 Å². The second-order valence-corrected chi connectivity index (χ2v) is 4.85. The predicted octanol–water partition coefficient (Wildman–Crippen LogP) is 3.65. The molecule has 0 atom stereocenters. The lowest BCUT2D eigenvalue weighted by Crippen LogP contribution is -2.35. The quantitative estimate of drug-likeness (QED) is 0.486. The highest BCUT2D eigenvalue weighted by atomic mass is 79.9. The molecule has 0 unspecified atom stereocenters. The number of halogens is 4. The Labute approximate surface area is 127 Å². The van der Waals surface area contributed by atoms with Crippen molar-refractivity contribution in [3.63, 3.8) is 0 Å². The van der Waals surface area contributed by atoms with Crippen LogP contribution in [0.15, 0.2) is 29.3 Å². The van der Waals surface area contributed by atoms with Crippen molar-refractivity contribution in [3.05, 3.63) is 24.3 Å². The van der Waals surface area contributed by atoms with Crippen molar-refractivity contribution in [3.8, 4) is 11.5 Å². The Kier molecular flexibility index (Phi) is 6.01. The molecule has 9 heteroatoms. The number of para-hydroxylation sites is 2. The average Bonchev–Trinajstić information content (AvgIpc) is 2.27. The van der Waals surface area contributed by atoms with Crippen molar-refractivity contribution >= 4 is 26.7 Å². The van der Waals surface area contributed by atoms with Crippen LogP contribution in [0.2, 0.25) is 0 Å². The van der Waals surface area contributed by atoms with Gasteiger partial charge in [-0.05, 0) is 41.9 Å². The number of rotatable bonds is 3. The zero-order valence-corrected chi connectivity index (χ0v) is 12.7. The molecule has 5 nitrogen and oxygen atoms in total. The molecule has 0 aliphatic rings. The number of aliphatic imine (C=N–C) groups is 1. The van der Waals surface area contributed by atoms with Crippen LogP contribution in [-0.2, 0) is 0 Å². The third-order valence-electron chi connectivity index (χ3n) is 1.89. The molecule has 1 aromatic carbocycles. The van der Waals surface area contributed by atoms with E-state index in [0.717, 1.165) is 6.07 Å². The molecule has 0 radical (unpaired) electrons. The van der Waals surface area contributed by atoms with Gasteiger partial charge < -0.3 is 14.8 Å². The molecular weight excluding hydrogens is 355 g/mol. The van der Waals surface area contributed by atoms with E-state index >= 15 is 0 Å². The zero-order chi connectivity index (χ0) is 16.0. The van der Waals surface area contributed by atoms with E-state index in [1.54, 1.807) is 13.8 Å². The Hall–Kier alpha value is -1.77. The molecule has 0 bridgehead atoms. The number of ether oxygens (including phenoxy) is 2. The van der Waals surface area contributed by atoms with Gasteiger partial charge in [0.25, 0.3) is 6.02 Å². The zero-order valence-electron chi connectivity index (χ0n) is 11.2. The number of nitrogens with zero attached hydrogens (tertiary/aromatic N) is 1. The highest BCUT2D eigenvalue weighted by molar-refractivity contribution is 9.18. The van der Waals surface area contributed by atoms with Crippen molar-refractivity contribution in [1.82, 2.24) is 5.32 Å². The van der Waals surface area contributed by atoms with Crippen molar-refractivity contribution < 1.29 is 22.6 Å². The monoisotopic (exact) mass is 367 g/mol. The van der Waals surface area contributed by atoms with E-state index in [2.05, 4.69) is 31.0 Å². The van der Waals surface area contributed by atoms with E-state index in [0.29, 0.717) is 0 Å². The Bertz CT molecular complexity index is 533. The van der Waals surface area contributed by atoms with Crippen LogP contribution in [0.1, 0.15) is 13.8 Å². The minimum absolute atomic E-state index is 0.0914. The van der Waals surface area contributed by atoms with Gasteiger partial charge in [0, 0.05) is 6.04 Å². The van der Waals surface area contributed by atoms with E-state index in [1.165, 1.54) is 18.2 Å².